The molecule has 3 N–H and O–H groups in total. The maximum Gasteiger partial charge on any atom is 0.315 e. The first-order valence-electron chi connectivity index (χ1n) is 8.68. The van der Waals surface area contributed by atoms with Crippen molar-refractivity contribution < 1.29 is 9.90 Å². The predicted octanol–water partition coefficient (Wildman–Crippen LogP) is 1.46. The van der Waals surface area contributed by atoms with Crippen LogP contribution in [0.2, 0.25) is 0 Å². The Kier molecular flexibility index (Phi) is 5.01. The lowest BCUT2D eigenvalue weighted by Crippen LogP contribution is -2.52. The number of nitrogens with one attached hydrogen (secondary N) is 2. The molecule has 0 bridgehead atoms. The zero-order chi connectivity index (χ0) is 14.7. The molecular weight excluding hydrogens is 266 g/mol. The number of carbonyl (C=O) groups excluding carboxylic acids is 1. The standard InChI is InChI=1S/C16H29N3O2/c20-11-12-4-6-13(7-5-12)17-16(21)18-14-8-10-19-9-2-1-3-15(14)19/h12-15,20H,1-11H2,(H2,17,18,21). The molecule has 0 aromatic carbocycles. The van der Waals surface area contributed by atoms with Crippen LogP contribution in [0.4, 0.5) is 4.79 Å². The van der Waals surface area contributed by atoms with E-state index in [4.69, 9.17) is 5.11 Å². The SMILES string of the molecule is O=C(NC1CCC(CO)CC1)NC1CCN2CCCCC12. The topological polar surface area (TPSA) is 64.6 Å². The summed E-state index contributed by atoms with van der Waals surface area (Å²) in [4.78, 5) is 14.7. The molecule has 2 aliphatic heterocycles. The summed E-state index contributed by atoms with van der Waals surface area (Å²) in [6, 6.07) is 1.20. The van der Waals surface area contributed by atoms with Gasteiger partial charge in [0.2, 0.25) is 0 Å². The van der Waals surface area contributed by atoms with E-state index in [2.05, 4.69) is 15.5 Å². The summed E-state index contributed by atoms with van der Waals surface area (Å²) in [5.41, 5.74) is 0. The fourth-order valence-electron chi connectivity index (χ4n) is 4.30. The molecule has 0 spiro atoms. The molecule has 21 heavy (non-hydrogen) atoms. The zero-order valence-corrected chi connectivity index (χ0v) is 12.9. The van der Waals surface area contributed by atoms with Crippen LogP contribution in [0.5, 0.6) is 0 Å². The van der Waals surface area contributed by atoms with Gasteiger partial charge in [-0.1, -0.05) is 6.42 Å². The van der Waals surface area contributed by atoms with Gasteiger partial charge in [-0.05, 0) is 57.4 Å². The van der Waals surface area contributed by atoms with Crippen molar-refractivity contribution in [3.63, 3.8) is 0 Å². The number of urea groups is 1. The lowest BCUT2D eigenvalue weighted by Gasteiger charge is -2.33. The van der Waals surface area contributed by atoms with Crippen molar-refractivity contribution in [2.24, 2.45) is 5.92 Å². The number of fused-ring (bicyclic) bond motifs is 1. The van der Waals surface area contributed by atoms with E-state index in [1.165, 1.54) is 25.8 Å². The summed E-state index contributed by atoms with van der Waals surface area (Å²) >= 11 is 0. The molecule has 0 radical (unpaired) electrons. The monoisotopic (exact) mass is 295 g/mol. The van der Waals surface area contributed by atoms with Gasteiger partial charge in [-0.2, -0.15) is 0 Å². The van der Waals surface area contributed by atoms with Gasteiger partial charge in [-0.3, -0.25) is 4.90 Å². The van der Waals surface area contributed by atoms with E-state index < -0.39 is 0 Å². The molecule has 1 saturated carbocycles. The average molecular weight is 295 g/mol. The highest BCUT2D eigenvalue weighted by molar-refractivity contribution is 5.74. The van der Waals surface area contributed by atoms with Crippen LogP contribution >= 0.6 is 0 Å². The molecule has 2 unspecified atom stereocenters. The fraction of sp³-hybridized carbons (Fsp3) is 0.938. The van der Waals surface area contributed by atoms with Crippen LogP contribution in [0.25, 0.3) is 0 Å². The van der Waals surface area contributed by atoms with Gasteiger partial charge in [0, 0.05) is 31.3 Å². The highest BCUT2D eigenvalue weighted by Gasteiger charge is 2.36. The van der Waals surface area contributed by atoms with Crippen LogP contribution in [0.15, 0.2) is 0 Å². The molecule has 0 aromatic rings. The number of hydrogen-bond acceptors (Lipinski definition) is 3. The molecule has 3 fully saturated rings. The Morgan fingerprint density at radius 1 is 1.00 bits per heavy atom. The first-order chi connectivity index (χ1) is 10.3. The smallest absolute Gasteiger partial charge is 0.315 e. The van der Waals surface area contributed by atoms with E-state index >= 15 is 0 Å². The molecule has 2 amide bonds. The third-order valence-corrected chi connectivity index (χ3v) is 5.61. The van der Waals surface area contributed by atoms with Crippen LogP contribution in [-0.4, -0.2) is 53.9 Å². The second kappa shape index (κ2) is 6.97. The summed E-state index contributed by atoms with van der Waals surface area (Å²) in [6.07, 6.45) is 8.98. The quantitative estimate of drug-likeness (QED) is 0.738. The highest BCUT2D eigenvalue weighted by Crippen LogP contribution is 2.27. The molecule has 2 atom stereocenters. The Morgan fingerprint density at radius 2 is 1.81 bits per heavy atom. The van der Waals surface area contributed by atoms with Crippen LogP contribution < -0.4 is 10.6 Å². The van der Waals surface area contributed by atoms with E-state index in [-0.39, 0.29) is 12.1 Å². The maximum absolute atomic E-state index is 12.2. The number of hydrogen-bond donors (Lipinski definition) is 3. The zero-order valence-electron chi connectivity index (χ0n) is 12.9. The van der Waals surface area contributed by atoms with Crippen molar-refractivity contribution in [2.45, 2.75) is 69.5 Å². The second-order valence-corrected chi connectivity index (χ2v) is 7.01. The molecule has 3 rings (SSSR count). The van der Waals surface area contributed by atoms with Crippen molar-refractivity contribution in [2.75, 3.05) is 19.7 Å². The van der Waals surface area contributed by atoms with E-state index in [0.717, 1.165) is 38.6 Å². The third-order valence-electron chi connectivity index (χ3n) is 5.61. The van der Waals surface area contributed by atoms with Crippen LogP contribution in [0.1, 0.15) is 51.4 Å². The number of nitrogens with zero attached hydrogens (tertiary/aromatic N) is 1. The van der Waals surface area contributed by atoms with E-state index in [1.54, 1.807) is 0 Å². The van der Waals surface area contributed by atoms with Gasteiger partial charge in [-0.15, -0.1) is 0 Å². The Hall–Kier alpha value is -0.810. The average Bonchev–Trinajstić information content (AvgIpc) is 2.91. The minimum atomic E-state index is 0.0138. The first kappa shape index (κ1) is 15.1. The van der Waals surface area contributed by atoms with Crippen molar-refractivity contribution >= 4 is 6.03 Å². The number of aliphatic hydroxyl groups excluding tert-OH is 1. The van der Waals surface area contributed by atoms with E-state index in [9.17, 15) is 4.79 Å². The highest BCUT2D eigenvalue weighted by atomic mass is 16.3. The Balaban J connectivity index is 1.42. The van der Waals surface area contributed by atoms with Gasteiger partial charge in [0.1, 0.15) is 0 Å². The first-order valence-corrected chi connectivity index (χ1v) is 8.68. The fourth-order valence-corrected chi connectivity index (χ4v) is 4.30. The minimum Gasteiger partial charge on any atom is -0.396 e. The van der Waals surface area contributed by atoms with E-state index in [1.807, 2.05) is 0 Å². The number of rotatable bonds is 3. The molecule has 2 heterocycles. The number of amides is 2. The lowest BCUT2D eigenvalue weighted by atomic mass is 9.87. The molecule has 1 aliphatic carbocycles. The van der Waals surface area contributed by atoms with Crippen LogP contribution in [-0.2, 0) is 0 Å². The van der Waals surface area contributed by atoms with Gasteiger partial charge >= 0.3 is 6.03 Å². The van der Waals surface area contributed by atoms with Gasteiger partial charge in [0.25, 0.3) is 0 Å². The number of carbonyl (C=O) groups is 1. The second-order valence-electron chi connectivity index (χ2n) is 7.01. The van der Waals surface area contributed by atoms with Crippen LogP contribution in [0.3, 0.4) is 0 Å². The third kappa shape index (κ3) is 3.69. The molecule has 2 saturated heterocycles. The molecule has 120 valence electrons. The summed E-state index contributed by atoms with van der Waals surface area (Å²) in [5.74, 6) is 0.441. The van der Waals surface area contributed by atoms with Gasteiger partial charge in [0.15, 0.2) is 0 Å². The summed E-state index contributed by atoms with van der Waals surface area (Å²) in [5, 5.41) is 15.5. The van der Waals surface area contributed by atoms with Gasteiger partial charge < -0.3 is 15.7 Å². The Bertz CT molecular complexity index is 355. The Morgan fingerprint density at radius 3 is 2.57 bits per heavy atom. The largest absolute Gasteiger partial charge is 0.396 e. The minimum absolute atomic E-state index is 0.0138. The molecular formula is C16H29N3O2. The summed E-state index contributed by atoms with van der Waals surface area (Å²) < 4.78 is 0. The normalized spacial score (nSPS) is 37.0. The lowest BCUT2D eigenvalue weighted by molar-refractivity contribution is 0.168. The van der Waals surface area contributed by atoms with Gasteiger partial charge in [-0.25, -0.2) is 4.79 Å². The predicted molar refractivity (Wildman–Crippen MR) is 82.1 cm³/mol. The van der Waals surface area contributed by atoms with Crippen molar-refractivity contribution in [1.82, 2.24) is 15.5 Å². The number of piperidine rings is 1. The number of aliphatic hydroxyl groups is 1. The van der Waals surface area contributed by atoms with Gasteiger partial charge in [0.05, 0.1) is 0 Å². The molecule has 3 aliphatic rings. The molecule has 5 heteroatoms. The summed E-state index contributed by atoms with van der Waals surface area (Å²) in [6.45, 7) is 2.63. The summed E-state index contributed by atoms with van der Waals surface area (Å²) in [7, 11) is 0. The van der Waals surface area contributed by atoms with Crippen molar-refractivity contribution in [3.05, 3.63) is 0 Å². The van der Waals surface area contributed by atoms with Crippen molar-refractivity contribution in [1.29, 1.82) is 0 Å². The molecule has 5 nitrogen and oxygen atoms in total. The molecule has 0 aromatic heterocycles. The maximum atomic E-state index is 12.2. The van der Waals surface area contributed by atoms with Crippen LogP contribution in [0, 0.1) is 5.92 Å². The van der Waals surface area contributed by atoms with Crippen molar-refractivity contribution in [3.8, 4) is 0 Å². The Labute approximate surface area is 127 Å². The van der Waals surface area contributed by atoms with E-state index in [0.29, 0.717) is 24.6 Å².